The molecule has 0 spiro atoms. The van der Waals surface area contributed by atoms with Crippen LogP contribution in [0.5, 0.6) is 0 Å². The predicted octanol–water partition coefficient (Wildman–Crippen LogP) is 3.44. The number of alkyl halides is 1. The molecular formula is C14H19BrN2O3. The summed E-state index contributed by atoms with van der Waals surface area (Å²) in [4.78, 5) is 22.8. The lowest BCUT2D eigenvalue weighted by atomic mass is 10.0. The first kappa shape index (κ1) is 16.6. The molecule has 1 aromatic rings. The summed E-state index contributed by atoms with van der Waals surface area (Å²) in [5.74, 6) is 0.0459. The fraction of sp³-hybridized carbons (Fsp3) is 0.500. The summed E-state index contributed by atoms with van der Waals surface area (Å²) >= 11 is 3.36. The van der Waals surface area contributed by atoms with Crippen LogP contribution in [-0.2, 0) is 0 Å². The number of carbonyl (C=O) groups excluding carboxylic acids is 1. The molecule has 0 aliphatic heterocycles. The Morgan fingerprint density at radius 1 is 1.45 bits per heavy atom. The first-order valence-electron chi connectivity index (χ1n) is 6.47. The van der Waals surface area contributed by atoms with Crippen LogP contribution in [0.1, 0.15) is 36.2 Å². The van der Waals surface area contributed by atoms with Gasteiger partial charge < -0.3 is 5.32 Å². The van der Waals surface area contributed by atoms with Gasteiger partial charge in [-0.15, -0.1) is 0 Å². The van der Waals surface area contributed by atoms with Crippen molar-refractivity contribution >= 4 is 27.5 Å². The van der Waals surface area contributed by atoms with E-state index < -0.39 is 4.92 Å². The minimum Gasteiger partial charge on any atom is -0.348 e. The maximum atomic E-state index is 12.3. The smallest absolute Gasteiger partial charge is 0.282 e. The molecule has 0 fully saturated rings. The number of carbonyl (C=O) groups is 1. The van der Waals surface area contributed by atoms with E-state index in [0.717, 1.165) is 6.42 Å². The van der Waals surface area contributed by atoms with Crippen molar-refractivity contribution in [2.45, 2.75) is 33.2 Å². The van der Waals surface area contributed by atoms with Gasteiger partial charge in [-0.2, -0.15) is 0 Å². The quantitative estimate of drug-likeness (QED) is 0.489. The molecule has 0 aliphatic rings. The van der Waals surface area contributed by atoms with E-state index in [0.29, 0.717) is 16.8 Å². The van der Waals surface area contributed by atoms with E-state index in [4.69, 9.17) is 0 Å². The van der Waals surface area contributed by atoms with Gasteiger partial charge >= 0.3 is 0 Å². The lowest BCUT2D eigenvalue weighted by molar-refractivity contribution is -0.385. The molecule has 0 heterocycles. The molecule has 0 bridgehead atoms. The van der Waals surface area contributed by atoms with Crippen molar-refractivity contribution < 1.29 is 9.72 Å². The van der Waals surface area contributed by atoms with Gasteiger partial charge in [0, 0.05) is 17.4 Å². The van der Waals surface area contributed by atoms with Crippen LogP contribution in [-0.4, -0.2) is 22.2 Å². The monoisotopic (exact) mass is 342 g/mol. The maximum Gasteiger partial charge on any atom is 0.282 e. The number of nitrogens with one attached hydrogen (secondary N) is 1. The predicted molar refractivity (Wildman–Crippen MR) is 82.3 cm³/mol. The van der Waals surface area contributed by atoms with Gasteiger partial charge in [-0.05, 0) is 24.8 Å². The van der Waals surface area contributed by atoms with Crippen molar-refractivity contribution in [2.75, 3.05) is 5.33 Å². The highest BCUT2D eigenvalue weighted by molar-refractivity contribution is 9.09. The summed E-state index contributed by atoms with van der Waals surface area (Å²) in [5, 5.41) is 14.5. The highest BCUT2D eigenvalue weighted by atomic mass is 79.9. The number of halogens is 1. The molecule has 20 heavy (non-hydrogen) atoms. The Labute approximate surface area is 127 Å². The zero-order chi connectivity index (χ0) is 15.3. The molecule has 6 heteroatoms. The second-order valence-electron chi connectivity index (χ2n) is 5.18. The fourth-order valence-corrected chi connectivity index (χ4v) is 2.51. The average Bonchev–Trinajstić information content (AvgIpc) is 2.36. The Morgan fingerprint density at radius 3 is 2.60 bits per heavy atom. The summed E-state index contributed by atoms with van der Waals surface area (Å²) < 4.78 is 0. The number of rotatable bonds is 6. The van der Waals surface area contributed by atoms with Crippen molar-refractivity contribution in [3.8, 4) is 0 Å². The van der Waals surface area contributed by atoms with Crippen LogP contribution in [0, 0.1) is 23.0 Å². The van der Waals surface area contributed by atoms with E-state index >= 15 is 0 Å². The van der Waals surface area contributed by atoms with E-state index in [2.05, 4.69) is 35.1 Å². The van der Waals surface area contributed by atoms with Gasteiger partial charge in [-0.3, -0.25) is 14.9 Å². The van der Waals surface area contributed by atoms with Crippen LogP contribution in [0.4, 0.5) is 5.69 Å². The number of nitro benzene ring substituents is 1. The van der Waals surface area contributed by atoms with Crippen LogP contribution in [0.15, 0.2) is 18.2 Å². The second-order valence-corrected chi connectivity index (χ2v) is 5.83. The Balaban J connectivity index is 3.00. The third-order valence-electron chi connectivity index (χ3n) is 2.95. The summed E-state index contributed by atoms with van der Waals surface area (Å²) in [5.41, 5.74) is 0.599. The van der Waals surface area contributed by atoms with E-state index in [1.807, 2.05) is 0 Å². The number of hydrogen-bond acceptors (Lipinski definition) is 3. The molecule has 0 aromatic heterocycles. The molecule has 1 amide bonds. The molecule has 1 aromatic carbocycles. The number of nitrogens with zero attached hydrogens (tertiary/aromatic N) is 1. The van der Waals surface area contributed by atoms with Crippen molar-refractivity contribution in [3.05, 3.63) is 39.4 Å². The maximum absolute atomic E-state index is 12.3. The number of hydrogen-bond donors (Lipinski definition) is 1. The van der Waals surface area contributed by atoms with Crippen LogP contribution >= 0.6 is 15.9 Å². The number of benzene rings is 1. The first-order chi connectivity index (χ1) is 9.36. The highest BCUT2D eigenvalue weighted by Gasteiger charge is 2.24. The lowest BCUT2D eigenvalue weighted by Gasteiger charge is -2.18. The van der Waals surface area contributed by atoms with Gasteiger partial charge in [0.25, 0.3) is 11.6 Å². The Morgan fingerprint density at radius 2 is 2.10 bits per heavy atom. The normalized spacial score (nSPS) is 12.2. The second kappa shape index (κ2) is 7.38. The lowest BCUT2D eigenvalue weighted by Crippen LogP contribution is -2.37. The van der Waals surface area contributed by atoms with E-state index in [1.165, 1.54) is 6.07 Å². The molecule has 0 radical (unpaired) electrons. The first-order valence-corrected chi connectivity index (χ1v) is 7.59. The third kappa shape index (κ3) is 4.30. The minimum atomic E-state index is -0.520. The molecular weight excluding hydrogens is 324 g/mol. The van der Waals surface area contributed by atoms with Gasteiger partial charge in [0.15, 0.2) is 0 Å². The van der Waals surface area contributed by atoms with Gasteiger partial charge in [0.2, 0.25) is 0 Å². The van der Waals surface area contributed by atoms with Gasteiger partial charge in [-0.25, -0.2) is 0 Å². The third-order valence-corrected chi connectivity index (χ3v) is 3.73. The minimum absolute atomic E-state index is 0.0401. The molecule has 5 nitrogen and oxygen atoms in total. The van der Waals surface area contributed by atoms with Crippen LogP contribution in [0.2, 0.25) is 0 Å². The molecule has 0 saturated heterocycles. The summed E-state index contributed by atoms with van der Waals surface area (Å²) in [6.45, 7) is 5.84. The Hall–Kier alpha value is -1.43. The van der Waals surface area contributed by atoms with Crippen molar-refractivity contribution in [2.24, 2.45) is 5.92 Å². The Kier molecular flexibility index (Phi) is 6.13. The van der Waals surface area contributed by atoms with Gasteiger partial charge in [0.05, 0.1) is 4.92 Å². The molecule has 1 rings (SSSR count). The average molecular weight is 343 g/mol. The molecule has 0 saturated carbocycles. The van der Waals surface area contributed by atoms with Crippen LogP contribution in [0.3, 0.4) is 0 Å². The highest BCUT2D eigenvalue weighted by Crippen LogP contribution is 2.22. The van der Waals surface area contributed by atoms with Crippen molar-refractivity contribution in [1.82, 2.24) is 5.32 Å². The fourth-order valence-electron chi connectivity index (χ4n) is 2.09. The zero-order valence-electron chi connectivity index (χ0n) is 11.9. The SMILES string of the molecule is Cc1cccc([N+](=O)[O-])c1C(=O)NC(CBr)CC(C)C. The largest absolute Gasteiger partial charge is 0.348 e. The standard InChI is InChI=1S/C14H19BrN2O3/c1-9(2)7-11(8-15)16-14(18)13-10(3)5-4-6-12(13)17(19)20/h4-6,9,11H,7-8H2,1-3H3,(H,16,18). The van der Waals surface area contributed by atoms with E-state index in [9.17, 15) is 14.9 Å². The molecule has 1 unspecified atom stereocenters. The molecule has 1 atom stereocenters. The van der Waals surface area contributed by atoms with Gasteiger partial charge in [0.1, 0.15) is 5.56 Å². The van der Waals surface area contributed by atoms with Gasteiger partial charge in [-0.1, -0.05) is 41.9 Å². The van der Waals surface area contributed by atoms with Crippen molar-refractivity contribution in [3.63, 3.8) is 0 Å². The summed E-state index contributed by atoms with van der Waals surface area (Å²) in [6.07, 6.45) is 0.816. The summed E-state index contributed by atoms with van der Waals surface area (Å²) in [7, 11) is 0. The van der Waals surface area contributed by atoms with Crippen LogP contribution in [0.25, 0.3) is 0 Å². The zero-order valence-corrected chi connectivity index (χ0v) is 13.4. The Bertz CT molecular complexity index is 503. The number of amides is 1. The van der Waals surface area contributed by atoms with Crippen molar-refractivity contribution in [1.29, 1.82) is 0 Å². The topological polar surface area (TPSA) is 72.2 Å². The molecule has 110 valence electrons. The summed E-state index contributed by atoms with van der Waals surface area (Å²) in [6, 6.07) is 4.60. The van der Waals surface area contributed by atoms with E-state index in [-0.39, 0.29) is 23.2 Å². The molecule has 1 N–H and O–H groups in total. The molecule has 0 aliphatic carbocycles. The number of aryl methyl sites for hydroxylation is 1. The van der Waals surface area contributed by atoms with Crippen LogP contribution < -0.4 is 5.32 Å². The number of nitro groups is 1. The van der Waals surface area contributed by atoms with E-state index in [1.54, 1.807) is 19.1 Å².